The number of carbonyl (C=O) groups is 1. The first-order chi connectivity index (χ1) is 3.81. The van der Waals surface area contributed by atoms with Crippen LogP contribution in [0.5, 0.6) is 0 Å². The summed E-state index contributed by atoms with van der Waals surface area (Å²) in [6.07, 6.45) is 1.33. The molecular weight excluding hydrogens is 108 g/mol. The quantitative estimate of drug-likeness (QED) is 0.395. The van der Waals surface area contributed by atoms with Crippen LogP contribution in [-0.2, 0) is 14.3 Å². The summed E-state index contributed by atoms with van der Waals surface area (Å²) in [6, 6.07) is 0. The van der Waals surface area contributed by atoms with E-state index < -0.39 is 0 Å². The number of esters is 1. The van der Waals surface area contributed by atoms with Crippen molar-refractivity contribution in [1.82, 2.24) is 0 Å². The number of rotatable bonds is 3. The van der Waals surface area contributed by atoms with E-state index in [9.17, 15) is 4.79 Å². The molecule has 0 rings (SSSR count). The number of hydrogen-bond acceptors (Lipinski definition) is 3. The summed E-state index contributed by atoms with van der Waals surface area (Å²) in [5.74, 6) is -0.355. The van der Waals surface area contributed by atoms with E-state index in [0.717, 1.165) is 0 Å². The van der Waals surface area contributed by atoms with Crippen molar-refractivity contribution in [2.45, 2.75) is 6.92 Å². The van der Waals surface area contributed by atoms with Crippen molar-refractivity contribution in [2.75, 3.05) is 13.9 Å². The third kappa shape index (κ3) is 3.61. The first-order valence-electron chi connectivity index (χ1n) is 2.26. The van der Waals surface area contributed by atoms with Gasteiger partial charge in [0.2, 0.25) is 0 Å². The third-order valence-electron chi connectivity index (χ3n) is 0.555. The van der Waals surface area contributed by atoms with Gasteiger partial charge in [0.05, 0.1) is 6.42 Å². The predicted molar refractivity (Wildman–Crippen MR) is 27.9 cm³/mol. The summed E-state index contributed by atoms with van der Waals surface area (Å²) >= 11 is 0. The van der Waals surface area contributed by atoms with Crippen LogP contribution in [0.1, 0.15) is 6.92 Å². The molecule has 0 saturated heterocycles. The van der Waals surface area contributed by atoms with Crippen molar-refractivity contribution in [3.05, 3.63) is 6.42 Å². The molecule has 0 spiro atoms. The van der Waals surface area contributed by atoms with Crippen LogP contribution in [0.15, 0.2) is 0 Å². The molecule has 0 bridgehead atoms. The number of ether oxygens (including phenoxy) is 2. The molecule has 0 N–H and O–H groups in total. The number of carbonyl (C=O) groups excluding carboxylic acids is 1. The minimum atomic E-state index is -0.355. The molecule has 0 amide bonds. The van der Waals surface area contributed by atoms with Gasteiger partial charge in [-0.25, -0.2) is 0 Å². The Morgan fingerprint density at radius 2 is 2.38 bits per heavy atom. The summed E-state index contributed by atoms with van der Waals surface area (Å²) in [5, 5.41) is 0. The number of hydrogen-bond donors (Lipinski definition) is 0. The molecule has 3 nitrogen and oxygen atoms in total. The highest BCUT2D eigenvalue weighted by Gasteiger charge is 1.94. The highest BCUT2D eigenvalue weighted by Crippen LogP contribution is 1.80. The Labute approximate surface area is 48.6 Å². The van der Waals surface area contributed by atoms with E-state index in [1.165, 1.54) is 13.5 Å². The zero-order chi connectivity index (χ0) is 6.41. The first kappa shape index (κ1) is 7.43. The summed E-state index contributed by atoms with van der Waals surface area (Å²) in [7, 11) is 1.46. The normalized spacial score (nSPS) is 8.75. The van der Waals surface area contributed by atoms with Crippen LogP contribution in [0.2, 0.25) is 0 Å². The molecule has 0 saturated carbocycles. The minimum Gasteiger partial charge on any atom is -0.438 e. The van der Waals surface area contributed by atoms with Gasteiger partial charge in [0.15, 0.2) is 6.79 Å². The van der Waals surface area contributed by atoms with E-state index in [1.807, 2.05) is 0 Å². The summed E-state index contributed by atoms with van der Waals surface area (Å²) in [4.78, 5) is 10.2. The van der Waals surface area contributed by atoms with Gasteiger partial charge in [0.1, 0.15) is 0 Å². The fourth-order valence-corrected chi connectivity index (χ4v) is 0.200. The molecule has 0 fully saturated rings. The fourth-order valence-electron chi connectivity index (χ4n) is 0.200. The Kier molecular flexibility index (Phi) is 4.26. The Morgan fingerprint density at radius 3 is 2.75 bits per heavy atom. The zero-order valence-electron chi connectivity index (χ0n) is 5.01. The lowest BCUT2D eigenvalue weighted by Crippen LogP contribution is -2.05. The van der Waals surface area contributed by atoms with E-state index in [1.54, 1.807) is 6.92 Å². The first-order valence-corrected chi connectivity index (χ1v) is 2.26. The van der Waals surface area contributed by atoms with Crippen LogP contribution in [0.4, 0.5) is 0 Å². The molecular formula is C5H9O3. The van der Waals surface area contributed by atoms with Gasteiger partial charge in [-0.2, -0.15) is 0 Å². The molecule has 0 unspecified atom stereocenters. The van der Waals surface area contributed by atoms with Gasteiger partial charge in [-0.15, -0.1) is 0 Å². The Hall–Kier alpha value is -0.570. The molecule has 47 valence electrons. The van der Waals surface area contributed by atoms with E-state index in [-0.39, 0.29) is 12.8 Å². The maximum Gasteiger partial charge on any atom is 0.311 e. The Morgan fingerprint density at radius 1 is 1.75 bits per heavy atom. The Balaban J connectivity index is 2.99. The van der Waals surface area contributed by atoms with Gasteiger partial charge >= 0.3 is 5.97 Å². The average Bonchev–Trinajstić information content (AvgIpc) is 1.83. The van der Waals surface area contributed by atoms with Crippen LogP contribution in [0.25, 0.3) is 0 Å². The van der Waals surface area contributed by atoms with Gasteiger partial charge in [0.25, 0.3) is 0 Å². The van der Waals surface area contributed by atoms with E-state index >= 15 is 0 Å². The van der Waals surface area contributed by atoms with Gasteiger partial charge in [0, 0.05) is 7.11 Å². The van der Waals surface area contributed by atoms with Gasteiger partial charge in [-0.05, 0) is 0 Å². The molecule has 0 atom stereocenters. The van der Waals surface area contributed by atoms with Crippen molar-refractivity contribution in [3.63, 3.8) is 0 Å². The predicted octanol–water partition coefficient (Wildman–Crippen LogP) is 0.358. The van der Waals surface area contributed by atoms with Crippen molar-refractivity contribution < 1.29 is 14.3 Å². The molecule has 0 aliphatic rings. The van der Waals surface area contributed by atoms with Crippen molar-refractivity contribution in [1.29, 1.82) is 0 Å². The van der Waals surface area contributed by atoms with Crippen molar-refractivity contribution in [2.24, 2.45) is 0 Å². The van der Waals surface area contributed by atoms with E-state index in [4.69, 9.17) is 0 Å². The van der Waals surface area contributed by atoms with Crippen LogP contribution >= 0.6 is 0 Å². The van der Waals surface area contributed by atoms with Crippen LogP contribution in [0, 0.1) is 6.42 Å². The lowest BCUT2D eigenvalue weighted by atomic mass is 10.5. The second-order valence-corrected chi connectivity index (χ2v) is 1.16. The zero-order valence-corrected chi connectivity index (χ0v) is 5.01. The smallest absolute Gasteiger partial charge is 0.311 e. The SMILES string of the molecule is C[CH]C(=O)OCOC. The van der Waals surface area contributed by atoms with Crippen molar-refractivity contribution in [3.8, 4) is 0 Å². The summed E-state index contributed by atoms with van der Waals surface area (Å²) in [6.45, 7) is 1.64. The molecule has 3 heteroatoms. The molecule has 0 aliphatic heterocycles. The molecule has 8 heavy (non-hydrogen) atoms. The second-order valence-electron chi connectivity index (χ2n) is 1.16. The maximum atomic E-state index is 10.2. The van der Waals surface area contributed by atoms with Crippen LogP contribution < -0.4 is 0 Å². The molecule has 0 aromatic carbocycles. The summed E-state index contributed by atoms with van der Waals surface area (Å²) in [5.41, 5.74) is 0. The minimum absolute atomic E-state index is 0.0309. The second kappa shape index (κ2) is 4.59. The maximum absolute atomic E-state index is 10.2. The highest BCUT2D eigenvalue weighted by molar-refractivity contribution is 5.77. The number of methoxy groups -OCH3 is 1. The van der Waals surface area contributed by atoms with Crippen LogP contribution in [-0.4, -0.2) is 19.9 Å². The van der Waals surface area contributed by atoms with Gasteiger partial charge in [-0.3, -0.25) is 4.79 Å². The average molecular weight is 117 g/mol. The van der Waals surface area contributed by atoms with Crippen molar-refractivity contribution >= 4 is 5.97 Å². The monoisotopic (exact) mass is 117 g/mol. The Bertz CT molecular complexity index is 70.1. The fraction of sp³-hybridized carbons (Fsp3) is 0.600. The topological polar surface area (TPSA) is 35.5 Å². The third-order valence-corrected chi connectivity index (χ3v) is 0.555. The van der Waals surface area contributed by atoms with Gasteiger partial charge < -0.3 is 9.47 Å². The lowest BCUT2D eigenvalue weighted by molar-refractivity contribution is -0.149. The molecule has 1 radical (unpaired) electrons. The molecule has 0 aromatic rings. The standard InChI is InChI=1S/C5H9O3/c1-3-5(6)8-4-7-2/h3H,4H2,1-2H3. The molecule has 0 aliphatic carbocycles. The molecule has 0 aromatic heterocycles. The van der Waals surface area contributed by atoms with Crippen LogP contribution in [0.3, 0.4) is 0 Å². The van der Waals surface area contributed by atoms with E-state index in [2.05, 4.69) is 9.47 Å². The highest BCUT2D eigenvalue weighted by atomic mass is 16.7. The largest absolute Gasteiger partial charge is 0.438 e. The molecule has 0 heterocycles. The summed E-state index contributed by atoms with van der Waals surface area (Å²) < 4.78 is 8.87. The van der Waals surface area contributed by atoms with E-state index in [0.29, 0.717) is 0 Å². The van der Waals surface area contributed by atoms with Gasteiger partial charge in [-0.1, -0.05) is 6.92 Å². The lowest BCUT2D eigenvalue weighted by Gasteiger charge is -1.97.